The second-order valence-corrected chi connectivity index (χ2v) is 7.99. The zero-order valence-corrected chi connectivity index (χ0v) is 23.6. The van der Waals surface area contributed by atoms with Gasteiger partial charge < -0.3 is 10.6 Å². The summed E-state index contributed by atoms with van der Waals surface area (Å²) in [5.74, 6) is 0.474. The number of nitrogens with zero attached hydrogens (tertiary/aromatic N) is 2. The number of hydrogen-bond donors (Lipinski definition) is 4. The molecule has 0 radical (unpaired) electrons. The minimum atomic E-state index is 0. The maximum Gasteiger partial charge on any atom is 2.00 e. The first-order valence-corrected chi connectivity index (χ1v) is 12.0. The maximum absolute atomic E-state index is 5.12. The molecule has 190 valence electrons. The molecule has 0 aromatic rings. The molecule has 0 unspecified atom stereocenters. The Balaban J connectivity index is 0.000000842. The summed E-state index contributed by atoms with van der Waals surface area (Å²) in [5.41, 5.74) is 5.55. The first-order valence-electron chi connectivity index (χ1n) is 11.2. The second-order valence-electron chi connectivity index (χ2n) is 7.17. The molecule has 0 amide bonds. The Morgan fingerprint density at radius 1 is 0.611 bits per heavy atom. The minimum absolute atomic E-state index is 0. The molecule has 4 aliphatic rings. The standard InChI is InChI=1S/C16H20N6S2.2C5H6.2Fe/c23-15(21-19-11-13-5-1-2-6-13)17-9-10-18-16(24)22-20-12-14-7-3-4-8-14;2*1-2-4-5-3-1;;/h1-8,11-14H,9-10H2,(H2,17,21,23)(H2,18,22,24);2*1-4H,5H2;;/q;;;2*+2/b19-11+,20-12+;;;;. The van der Waals surface area contributed by atoms with Crippen LogP contribution in [0.2, 0.25) is 0 Å². The summed E-state index contributed by atoms with van der Waals surface area (Å²) in [5, 5.41) is 15.1. The van der Waals surface area contributed by atoms with Crippen molar-refractivity contribution >= 4 is 47.1 Å². The Kier molecular flexibility index (Phi) is 21.6. The molecule has 4 N–H and O–H groups in total. The van der Waals surface area contributed by atoms with Crippen molar-refractivity contribution in [2.75, 3.05) is 13.1 Å². The summed E-state index contributed by atoms with van der Waals surface area (Å²) in [6.45, 7) is 1.23. The van der Waals surface area contributed by atoms with Crippen molar-refractivity contribution in [2.24, 2.45) is 22.0 Å². The third-order valence-corrected chi connectivity index (χ3v) is 4.86. The van der Waals surface area contributed by atoms with Gasteiger partial charge >= 0.3 is 34.1 Å². The first kappa shape index (κ1) is 33.7. The van der Waals surface area contributed by atoms with E-state index >= 15 is 0 Å². The van der Waals surface area contributed by atoms with Crippen molar-refractivity contribution in [3.8, 4) is 0 Å². The van der Waals surface area contributed by atoms with E-state index in [-0.39, 0.29) is 46.0 Å². The Morgan fingerprint density at radius 2 is 0.944 bits per heavy atom. The van der Waals surface area contributed by atoms with Crippen molar-refractivity contribution in [1.82, 2.24) is 21.5 Å². The Morgan fingerprint density at radius 3 is 1.22 bits per heavy atom. The molecule has 0 aromatic heterocycles. The van der Waals surface area contributed by atoms with Crippen LogP contribution in [0.4, 0.5) is 0 Å². The molecule has 6 nitrogen and oxygen atoms in total. The summed E-state index contributed by atoms with van der Waals surface area (Å²) >= 11 is 10.2. The molecule has 0 heterocycles. The number of thiocarbonyl (C=S) groups is 2. The van der Waals surface area contributed by atoms with E-state index in [9.17, 15) is 0 Å². The monoisotopic (exact) mass is 604 g/mol. The molecule has 0 aliphatic heterocycles. The van der Waals surface area contributed by atoms with Gasteiger partial charge in [-0.25, -0.2) is 0 Å². The summed E-state index contributed by atoms with van der Waals surface area (Å²) in [4.78, 5) is 0. The van der Waals surface area contributed by atoms with Crippen molar-refractivity contribution in [3.63, 3.8) is 0 Å². The van der Waals surface area contributed by atoms with Gasteiger partial charge in [0.2, 0.25) is 0 Å². The Hall–Kier alpha value is -2.32. The summed E-state index contributed by atoms with van der Waals surface area (Å²) < 4.78 is 0. The van der Waals surface area contributed by atoms with Crippen molar-refractivity contribution in [2.45, 2.75) is 12.8 Å². The van der Waals surface area contributed by atoms with Crippen molar-refractivity contribution in [1.29, 1.82) is 0 Å². The summed E-state index contributed by atoms with van der Waals surface area (Å²) in [6, 6.07) is 0. The smallest absolute Gasteiger partial charge is 0.360 e. The van der Waals surface area contributed by atoms with Crippen LogP contribution in [0.3, 0.4) is 0 Å². The zero-order valence-electron chi connectivity index (χ0n) is 19.8. The third kappa shape index (κ3) is 18.0. The van der Waals surface area contributed by atoms with E-state index in [0.717, 1.165) is 12.8 Å². The van der Waals surface area contributed by atoms with Crippen LogP contribution in [0.25, 0.3) is 0 Å². The molecule has 0 saturated heterocycles. The molecule has 10 heteroatoms. The van der Waals surface area contributed by atoms with Crippen LogP contribution in [0.15, 0.2) is 107 Å². The number of hydrazone groups is 2. The van der Waals surface area contributed by atoms with Crippen molar-refractivity contribution < 1.29 is 34.1 Å². The average molecular weight is 604 g/mol. The molecule has 0 saturated carbocycles. The molecule has 0 aromatic carbocycles. The van der Waals surface area contributed by atoms with Crippen LogP contribution >= 0.6 is 24.4 Å². The molecule has 36 heavy (non-hydrogen) atoms. The maximum atomic E-state index is 5.12. The van der Waals surface area contributed by atoms with Gasteiger partial charge in [0.1, 0.15) is 0 Å². The second kappa shape index (κ2) is 23.1. The van der Waals surface area contributed by atoms with Crippen LogP contribution < -0.4 is 21.5 Å². The molecular formula is C26H32Fe2N6S2+4. The van der Waals surface area contributed by atoms with Gasteiger partial charge in [0.25, 0.3) is 0 Å². The van der Waals surface area contributed by atoms with Gasteiger partial charge in [0.05, 0.1) is 0 Å². The molecule has 4 aliphatic carbocycles. The van der Waals surface area contributed by atoms with Crippen molar-refractivity contribution in [3.05, 3.63) is 97.2 Å². The average Bonchev–Trinajstić information content (AvgIpc) is 3.68. The minimum Gasteiger partial charge on any atom is -0.360 e. The van der Waals surface area contributed by atoms with Gasteiger partial charge in [-0.2, -0.15) is 10.2 Å². The molecule has 0 bridgehead atoms. The van der Waals surface area contributed by atoms with Gasteiger partial charge in [-0.3, -0.25) is 10.9 Å². The summed E-state index contributed by atoms with van der Waals surface area (Å²) in [6.07, 6.45) is 38.7. The number of hydrogen-bond acceptors (Lipinski definition) is 4. The zero-order chi connectivity index (χ0) is 24.1. The van der Waals surface area contributed by atoms with E-state index < -0.39 is 0 Å². The normalized spacial score (nSPS) is 15.9. The Labute approximate surface area is 246 Å². The number of allylic oxidation sites excluding steroid dienone is 16. The van der Waals surface area contributed by atoms with Gasteiger partial charge in [0, 0.05) is 37.4 Å². The molecular weight excluding hydrogens is 572 g/mol. The molecule has 0 spiro atoms. The fourth-order valence-electron chi connectivity index (χ4n) is 2.68. The fraction of sp³-hybridized carbons (Fsp3) is 0.231. The largest absolute Gasteiger partial charge is 2.00 e. The summed E-state index contributed by atoms with van der Waals surface area (Å²) in [7, 11) is 0. The van der Waals surface area contributed by atoms with Crippen LogP contribution in [0, 0.1) is 11.8 Å². The number of nitrogens with one attached hydrogen (secondary N) is 4. The topological polar surface area (TPSA) is 72.8 Å². The predicted octanol–water partition coefficient (Wildman–Crippen LogP) is 4.37. The SMILES string of the molecule is C1=CCC=C1.C1=CCC=C1.S=C(NCCNC(=S)N/N=C/C1C=CC=C1)N/N=C/C1C=CC=C1.[Fe+2].[Fe+2]. The van der Waals surface area contributed by atoms with Gasteiger partial charge in [-0.1, -0.05) is 97.2 Å². The van der Waals surface area contributed by atoms with Crippen LogP contribution in [-0.2, 0) is 34.1 Å². The van der Waals surface area contributed by atoms with E-state index in [1.165, 1.54) is 0 Å². The fourth-order valence-corrected chi connectivity index (χ4v) is 2.99. The van der Waals surface area contributed by atoms with Gasteiger partial charge in [-0.05, 0) is 37.3 Å². The van der Waals surface area contributed by atoms with Crippen LogP contribution in [0.5, 0.6) is 0 Å². The third-order valence-electron chi connectivity index (χ3n) is 4.39. The van der Waals surface area contributed by atoms with E-state index in [1.54, 1.807) is 12.4 Å². The molecule has 4 rings (SSSR count). The van der Waals surface area contributed by atoms with E-state index in [1.807, 2.05) is 48.6 Å². The van der Waals surface area contributed by atoms with E-state index in [0.29, 0.717) is 23.3 Å². The predicted molar refractivity (Wildman–Crippen MR) is 154 cm³/mol. The van der Waals surface area contributed by atoms with E-state index in [2.05, 4.69) is 80.3 Å². The van der Waals surface area contributed by atoms with Crippen LogP contribution in [-0.4, -0.2) is 35.7 Å². The number of rotatable bonds is 7. The van der Waals surface area contributed by atoms with Gasteiger partial charge in [0.15, 0.2) is 10.2 Å². The van der Waals surface area contributed by atoms with Gasteiger partial charge in [-0.15, -0.1) is 0 Å². The quantitative estimate of drug-likeness (QED) is 0.114. The molecule has 0 atom stereocenters. The van der Waals surface area contributed by atoms with Crippen LogP contribution in [0.1, 0.15) is 12.8 Å². The van der Waals surface area contributed by atoms with E-state index in [4.69, 9.17) is 24.4 Å². The Bertz CT molecular complexity index is 826. The first-order chi connectivity index (χ1) is 16.7. The molecule has 0 fully saturated rings.